The Morgan fingerprint density at radius 3 is 2.91 bits per heavy atom. The molecule has 0 saturated carbocycles. The monoisotopic (exact) mass is 313 g/mol. The zero-order valence-corrected chi connectivity index (χ0v) is 13.3. The Labute approximate surface area is 134 Å². The Morgan fingerprint density at radius 1 is 1.35 bits per heavy atom. The standard InChI is InChI=1S/C17H19N3O3/c1-11-13-5-3-4-6-14(13)15(19-18-11)20-7-12-8-23-10-17(12,9-20)16(21)22-2/h3-6,12H,7-10H2,1-2H3/t12-,17-/m0/s1. The third-order valence-corrected chi connectivity index (χ3v) is 5.12. The van der Waals surface area contributed by atoms with Crippen molar-refractivity contribution in [3.8, 4) is 0 Å². The largest absolute Gasteiger partial charge is 0.468 e. The molecule has 120 valence electrons. The number of anilines is 1. The Bertz CT molecular complexity index is 779. The molecule has 1 aromatic heterocycles. The van der Waals surface area contributed by atoms with Gasteiger partial charge in [-0.3, -0.25) is 4.79 Å². The highest BCUT2D eigenvalue weighted by molar-refractivity contribution is 5.94. The third-order valence-electron chi connectivity index (χ3n) is 5.12. The van der Waals surface area contributed by atoms with E-state index in [1.165, 1.54) is 7.11 Å². The summed E-state index contributed by atoms with van der Waals surface area (Å²) in [6.45, 7) is 4.26. The van der Waals surface area contributed by atoms with E-state index in [0.29, 0.717) is 19.8 Å². The second kappa shape index (κ2) is 5.16. The van der Waals surface area contributed by atoms with Gasteiger partial charge in [0.05, 0.1) is 26.0 Å². The molecule has 2 aliphatic rings. The zero-order valence-electron chi connectivity index (χ0n) is 13.3. The molecule has 0 amide bonds. The van der Waals surface area contributed by atoms with Gasteiger partial charge in [-0.05, 0) is 6.92 Å². The summed E-state index contributed by atoms with van der Waals surface area (Å²) in [4.78, 5) is 14.5. The van der Waals surface area contributed by atoms with Gasteiger partial charge >= 0.3 is 5.97 Å². The highest BCUT2D eigenvalue weighted by Crippen LogP contribution is 2.44. The Kier molecular flexibility index (Phi) is 3.23. The van der Waals surface area contributed by atoms with Crippen molar-refractivity contribution in [2.24, 2.45) is 11.3 Å². The van der Waals surface area contributed by atoms with Crippen LogP contribution in [0.4, 0.5) is 5.82 Å². The molecule has 2 aromatic rings. The maximum atomic E-state index is 12.3. The summed E-state index contributed by atoms with van der Waals surface area (Å²) < 4.78 is 10.6. The van der Waals surface area contributed by atoms with Gasteiger partial charge in [0, 0.05) is 29.8 Å². The molecule has 0 radical (unpaired) electrons. The van der Waals surface area contributed by atoms with Crippen LogP contribution in [0.1, 0.15) is 5.69 Å². The molecule has 6 nitrogen and oxygen atoms in total. The molecule has 0 aliphatic carbocycles. The van der Waals surface area contributed by atoms with Gasteiger partial charge in [0.15, 0.2) is 5.82 Å². The first-order chi connectivity index (χ1) is 11.2. The summed E-state index contributed by atoms with van der Waals surface area (Å²) in [5.74, 6) is 0.785. The number of aromatic nitrogens is 2. The Hall–Kier alpha value is -2.21. The normalized spacial score (nSPS) is 26.5. The van der Waals surface area contributed by atoms with Gasteiger partial charge in [-0.15, -0.1) is 5.10 Å². The van der Waals surface area contributed by atoms with E-state index in [1.807, 2.05) is 19.1 Å². The first-order valence-electron chi connectivity index (χ1n) is 7.79. The minimum Gasteiger partial charge on any atom is -0.468 e. The third kappa shape index (κ3) is 2.01. The van der Waals surface area contributed by atoms with Crippen molar-refractivity contribution in [2.75, 3.05) is 38.3 Å². The molecule has 0 spiro atoms. The molecule has 2 fully saturated rings. The van der Waals surface area contributed by atoms with E-state index in [9.17, 15) is 4.79 Å². The van der Waals surface area contributed by atoms with Gasteiger partial charge in [-0.1, -0.05) is 24.3 Å². The van der Waals surface area contributed by atoms with Crippen molar-refractivity contribution in [2.45, 2.75) is 6.92 Å². The van der Waals surface area contributed by atoms with Crippen molar-refractivity contribution in [1.29, 1.82) is 0 Å². The number of esters is 1. The second-order valence-electron chi connectivity index (χ2n) is 6.39. The number of rotatable bonds is 2. The SMILES string of the molecule is COC(=O)[C@@]12COC[C@@H]1CN(c1nnc(C)c3ccccc13)C2. The van der Waals surface area contributed by atoms with Gasteiger partial charge < -0.3 is 14.4 Å². The number of methoxy groups -OCH3 is 1. The van der Waals surface area contributed by atoms with Crippen molar-refractivity contribution in [3.05, 3.63) is 30.0 Å². The van der Waals surface area contributed by atoms with E-state index in [2.05, 4.69) is 27.2 Å². The van der Waals surface area contributed by atoms with Crippen molar-refractivity contribution < 1.29 is 14.3 Å². The minimum atomic E-state index is -0.581. The maximum Gasteiger partial charge on any atom is 0.316 e. The van der Waals surface area contributed by atoms with E-state index in [4.69, 9.17) is 9.47 Å². The topological polar surface area (TPSA) is 64.6 Å². The maximum absolute atomic E-state index is 12.3. The smallest absolute Gasteiger partial charge is 0.316 e. The number of nitrogens with zero attached hydrogens (tertiary/aromatic N) is 3. The van der Waals surface area contributed by atoms with E-state index < -0.39 is 5.41 Å². The van der Waals surface area contributed by atoms with Crippen LogP contribution >= 0.6 is 0 Å². The lowest BCUT2D eigenvalue weighted by Gasteiger charge is -2.24. The fourth-order valence-electron chi connectivity index (χ4n) is 3.85. The van der Waals surface area contributed by atoms with E-state index >= 15 is 0 Å². The van der Waals surface area contributed by atoms with E-state index in [0.717, 1.165) is 28.8 Å². The molecule has 0 N–H and O–H groups in total. The molecular weight excluding hydrogens is 294 g/mol. The quantitative estimate of drug-likeness (QED) is 0.784. The van der Waals surface area contributed by atoms with Crippen molar-refractivity contribution >= 4 is 22.6 Å². The van der Waals surface area contributed by atoms with Crippen molar-refractivity contribution in [1.82, 2.24) is 10.2 Å². The molecule has 2 saturated heterocycles. The molecule has 0 unspecified atom stereocenters. The molecule has 3 heterocycles. The molecule has 1 aromatic carbocycles. The average molecular weight is 313 g/mol. The van der Waals surface area contributed by atoms with Crippen LogP contribution in [0.5, 0.6) is 0 Å². The Balaban J connectivity index is 1.76. The molecule has 2 atom stereocenters. The fraction of sp³-hybridized carbons (Fsp3) is 0.471. The van der Waals surface area contributed by atoms with Crippen molar-refractivity contribution in [3.63, 3.8) is 0 Å². The van der Waals surface area contributed by atoms with Crippen LogP contribution in [0.25, 0.3) is 10.8 Å². The lowest BCUT2D eigenvalue weighted by Crippen LogP contribution is -2.40. The lowest BCUT2D eigenvalue weighted by atomic mass is 9.81. The van der Waals surface area contributed by atoms with Gasteiger partial charge in [0.1, 0.15) is 5.41 Å². The fourth-order valence-corrected chi connectivity index (χ4v) is 3.85. The van der Waals surface area contributed by atoms with Crippen LogP contribution in [0, 0.1) is 18.3 Å². The lowest BCUT2D eigenvalue weighted by molar-refractivity contribution is -0.152. The van der Waals surface area contributed by atoms with Crippen LogP contribution < -0.4 is 4.90 Å². The van der Waals surface area contributed by atoms with Crippen LogP contribution in [-0.4, -0.2) is 49.6 Å². The van der Waals surface area contributed by atoms with Gasteiger partial charge in [-0.25, -0.2) is 0 Å². The van der Waals surface area contributed by atoms with E-state index in [-0.39, 0.29) is 11.9 Å². The second-order valence-corrected chi connectivity index (χ2v) is 6.39. The molecule has 23 heavy (non-hydrogen) atoms. The number of benzene rings is 1. The zero-order chi connectivity index (χ0) is 16.0. The molecule has 0 bridgehead atoms. The number of aryl methyl sites for hydroxylation is 1. The number of hydrogen-bond acceptors (Lipinski definition) is 6. The summed E-state index contributed by atoms with van der Waals surface area (Å²) in [6, 6.07) is 8.12. The molecule has 2 aliphatic heterocycles. The number of ether oxygens (including phenoxy) is 2. The van der Waals surface area contributed by atoms with Crippen LogP contribution in [0.3, 0.4) is 0 Å². The molecular formula is C17H19N3O3. The first-order valence-corrected chi connectivity index (χ1v) is 7.79. The summed E-state index contributed by atoms with van der Waals surface area (Å²) in [5.41, 5.74) is 0.331. The van der Waals surface area contributed by atoms with Gasteiger partial charge in [0.25, 0.3) is 0 Å². The molecule has 4 rings (SSSR count). The first kappa shape index (κ1) is 14.4. The van der Waals surface area contributed by atoms with Gasteiger partial charge in [0.2, 0.25) is 0 Å². The summed E-state index contributed by atoms with van der Waals surface area (Å²) in [7, 11) is 1.44. The summed E-state index contributed by atoms with van der Waals surface area (Å²) in [6.07, 6.45) is 0. The van der Waals surface area contributed by atoms with Gasteiger partial charge in [-0.2, -0.15) is 5.10 Å². The number of carbonyl (C=O) groups excluding carboxylic acids is 1. The summed E-state index contributed by atoms with van der Waals surface area (Å²) in [5, 5.41) is 10.9. The van der Waals surface area contributed by atoms with Crippen LogP contribution in [0.2, 0.25) is 0 Å². The highest BCUT2D eigenvalue weighted by atomic mass is 16.5. The summed E-state index contributed by atoms with van der Waals surface area (Å²) >= 11 is 0. The predicted octanol–water partition coefficient (Wildman–Crippen LogP) is 1.56. The number of fused-ring (bicyclic) bond motifs is 2. The number of hydrogen-bond donors (Lipinski definition) is 0. The van der Waals surface area contributed by atoms with E-state index in [1.54, 1.807) is 0 Å². The predicted molar refractivity (Wildman–Crippen MR) is 85.2 cm³/mol. The van der Waals surface area contributed by atoms with Crippen LogP contribution in [0.15, 0.2) is 24.3 Å². The average Bonchev–Trinajstić information content (AvgIpc) is 3.13. The van der Waals surface area contributed by atoms with Crippen LogP contribution in [-0.2, 0) is 14.3 Å². The highest BCUT2D eigenvalue weighted by Gasteiger charge is 2.57. The number of carbonyl (C=O) groups is 1. The Morgan fingerprint density at radius 2 is 2.13 bits per heavy atom. The molecule has 6 heteroatoms. The minimum absolute atomic E-state index is 0.136.